The van der Waals surface area contributed by atoms with Crippen LogP contribution in [0.5, 0.6) is 5.75 Å². The summed E-state index contributed by atoms with van der Waals surface area (Å²) in [5.41, 5.74) is 3.03. The first-order valence-electron chi connectivity index (χ1n) is 9.01. The first-order chi connectivity index (χ1) is 11.1. The molecule has 0 saturated heterocycles. The Morgan fingerprint density at radius 2 is 2.17 bits per heavy atom. The molecule has 0 spiro atoms. The summed E-state index contributed by atoms with van der Waals surface area (Å²) in [5, 5.41) is 10.4. The normalized spacial score (nSPS) is 38.3. The third kappa shape index (κ3) is 2.32. The molecule has 2 fully saturated rings. The van der Waals surface area contributed by atoms with E-state index in [0.717, 1.165) is 37.2 Å². The summed E-state index contributed by atoms with van der Waals surface area (Å²) in [6.07, 6.45) is 7.51. The van der Waals surface area contributed by atoms with Crippen LogP contribution in [0.1, 0.15) is 56.1 Å². The van der Waals surface area contributed by atoms with Gasteiger partial charge in [-0.15, -0.1) is 0 Å². The highest BCUT2D eigenvalue weighted by molar-refractivity contribution is 5.51. The fourth-order valence-electron chi connectivity index (χ4n) is 5.75. The highest BCUT2D eigenvalue weighted by Crippen LogP contribution is 2.60. The van der Waals surface area contributed by atoms with Gasteiger partial charge in [-0.05, 0) is 85.0 Å². The average molecular weight is 314 g/mol. The van der Waals surface area contributed by atoms with Crippen LogP contribution in [0.2, 0.25) is 0 Å². The Bertz CT molecular complexity index is 611. The SMILES string of the molecule is C[C@]12CC[C@@H]3c4ccc(OCC=O)cc4CC[C@H]3[C@@H]1CC[C@H]2O. The van der Waals surface area contributed by atoms with Gasteiger partial charge in [-0.1, -0.05) is 13.0 Å². The maximum atomic E-state index is 10.5. The summed E-state index contributed by atoms with van der Waals surface area (Å²) in [4.78, 5) is 10.5. The lowest BCUT2D eigenvalue weighted by Crippen LogP contribution is -2.43. The summed E-state index contributed by atoms with van der Waals surface area (Å²) in [5.74, 6) is 2.85. The molecule has 0 unspecified atom stereocenters. The topological polar surface area (TPSA) is 46.5 Å². The molecule has 1 aromatic rings. The predicted octanol–water partition coefficient (Wildman–Crippen LogP) is 3.48. The van der Waals surface area contributed by atoms with E-state index in [4.69, 9.17) is 4.74 Å². The summed E-state index contributed by atoms with van der Waals surface area (Å²) < 4.78 is 5.46. The van der Waals surface area contributed by atoms with Crippen molar-refractivity contribution in [3.63, 3.8) is 0 Å². The molecule has 0 aromatic heterocycles. The lowest BCUT2D eigenvalue weighted by atomic mass is 9.55. The van der Waals surface area contributed by atoms with Gasteiger partial charge in [0.05, 0.1) is 6.10 Å². The van der Waals surface area contributed by atoms with Crippen LogP contribution in [0.3, 0.4) is 0 Å². The van der Waals surface area contributed by atoms with Gasteiger partial charge in [-0.2, -0.15) is 0 Å². The minimum atomic E-state index is -0.103. The van der Waals surface area contributed by atoms with E-state index in [1.54, 1.807) is 0 Å². The number of hydrogen-bond donors (Lipinski definition) is 1. The van der Waals surface area contributed by atoms with Crippen molar-refractivity contribution in [3.8, 4) is 5.75 Å². The standard InChI is InChI=1S/C20H26O3/c1-20-9-8-16-15-5-3-14(23-11-10-21)12-13(15)2-4-17(16)18(20)6-7-19(20)22/h3,5,10,12,16-19,22H,2,4,6-9,11H2,1H3/t16-,17-,18+,19-,20+/m1/s1. The smallest absolute Gasteiger partial charge is 0.157 e. The Morgan fingerprint density at radius 3 is 3.00 bits per heavy atom. The van der Waals surface area contributed by atoms with Gasteiger partial charge in [-0.25, -0.2) is 0 Å². The van der Waals surface area contributed by atoms with Crippen LogP contribution >= 0.6 is 0 Å². The molecule has 0 bridgehead atoms. The molecule has 0 heterocycles. The fourth-order valence-corrected chi connectivity index (χ4v) is 5.75. The van der Waals surface area contributed by atoms with E-state index in [-0.39, 0.29) is 18.1 Å². The lowest BCUT2D eigenvalue weighted by Gasteiger charge is -2.50. The minimum absolute atomic E-state index is 0.103. The van der Waals surface area contributed by atoms with E-state index in [2.05, 4.69) is 19.1 Å². The van der Waals surface area contributed by atoms with Crippen LogP contribution in [-0.2, 0) is 11.2 Å². The molecule has 124 valence electrons. The molecule has 23 heavy (non-hydrogen) atoms. The Morgan fingerprint density at radius 1 is 1.30 bits per heavy atom. The Labute approximate surface area is 138 Å². The number of aliphatic hydroxyl groups excluding tert-OH is 1. The number of fused-ring (bicyclic) bond motifs is 5. The van der Waals surface area contributed by atoms with Gasteiger partial charge in [0, 0.05) is 0 Å². The third-order valence-electron chi connectivity index (χ3n) is 6.97. The van der Waals surface area contributed by atoms with Crippen molar-refractivity contribution in [1.82, 2.24) is 0 Å². The summed E-state index contributed by atoms with van der Waals surface area (Å²) in [6, 6.07) is 6.37. The van der Waals surface area contributed by atoms with Crippen LogP contribution in [0.4, 0.5) is 0 Å². The van der Waals surface area contributed by atoms with Crippen LogP contribution in [0.15, 0.2) is 18.2 Å². The minimum Gasteiger partial charge on any atom is -0.486 e. The quantitative estimate of drug-likeness (QED) is 0.869. The predicted molar refractivity (Wildman–Crippen MR) is 88.6 cm³/mol. The molecule has 2 saturated carbocycles. The molecular formula is C20H26O3. The van der Waals surface area contributed by atoms with Crippen molar-refractivity contribution in [2.45, 2.75) is 57.5 Å². The van der Waals surface area contributed by atoms with Crippen molar-refractivity contribution in [3.05, 3.63) is 29.3 Å². The number of aryl methyl sites for hydroxylation is 1. The molecule has 3 aliphatic rings. The van der Waals surface area contributed by atoms with Crippen molar-refractivity contribution < 1.29 is 14.6 Å². The average Bonchev–Trinajstić information content (AvgIpc) is 2.88. The van der Waals surface area contributed by atoms with Crippen LogP contribution < -0.4 is 4.74 Å². The highest BCUT2D eigenvalue weighted by atomic mass is 16.5. The first kappa shape index (κ1) is 15.2. The van der Waals surface area contributed by atoms with Crippen LogP contribution in [0.25, 0.3) is 0 Å². The van der Waals surface area contributed by atoms with Gasteiger partial charge < -0.3 is 9.84 Å². The second-order valence-electron chi connectivity index (χ2n) is 7.89. The lowest BCUT2D eigenvalue weighted by molar-refractivity contribution is -0.109. The Kier molecular flexibility index (Phi) is 3.72. The van der Waals surface area contributed by atoms with Crippen LogP contribution in [0, 0.1) is 17.3 Å². The zero-order valence-corrected chi connectivity index (χ0v) is 13.8. The largest absolute Gasteiger partial charge is 0.486 e. The maximum Gasteiger partial charge on any atom is 0.157 e. The van der Waals surface area contributed by atoms with Gasteiger partial charge >= 0.3 is 0 Å². The summed E-state index contributed by atoms with van der Waals surface area (Å²) in [7, 11) is 0. The first-order valence-corrected chi connectivity index (χ1v) is 9.01. The number of rotatable bonds is 3. The molecule has 3 aliphatic carbocycles. The molecule has 4 rings (SSSR count). The molecule has 0 radical (unpaired) electrons. The van der Waals surface area contributed by atoms with Gasteiger partial charge in [0.1, 0.15) is 12.4 Å². The zero-order valence-electron chi connectivity index (χ0n) is 13.8. The third-order valence-corrected chi connectivity index (χ3v) is 6.97. The van der Waals surface area contributed by atoms with Crippen molar-refractivity contribution in [1.29, 1.82) is 0 Å². The number of hydrogen-bond acceptors (Lipinski definition) is 3. The van der Waals surface area contributed by atoms with E-state index in [1.807, 2.05) is 6.07 Å². The number of aldehydes is 1. The second kappa shape index (κ2) is 5.62. The van der Waals surface area contributed by atoms with E-state index in [0.29, 0.717) is 11.8 Å². The Balaban J connectivity index is 1.61. The van der Waals surface area contributed by atoms with E-state index >= 15 is 0 Å². The van der Waals surface area contributed by atoms with Crippen molar-refractivity contribution >= 4 is 6.29 Å². The molecule has 5 atom stereocenters. The maximum absolute atomic E-state index is 10.5. The second-order valence-corrected chi connectivity index (χ2v) is 7.89. The monoisotopic (exact) mass is 314 g/mol. The molecule has 0 aliphatic heterocycles. The van der Waals surface area contributed by atoms with Crippen molar-refractivity contribution in [2.24, 2.45) is 17.3 Å². The number of carbonyl (C=O) groups excluding carboxylic acids is 1. The van der Waals surface area contributed by atoms with Gasteiger partial charge in [0.15, 0.2) is 6.29 Å². The number of carbonyl (C=O) groups is 1. The van der Waals surface area contributed by atoms with E-state index in [9.17, 15) is 9.90 Å². The molecule has 3 nitrogen and oxygen atoms in total. The zero-order chi connectivity index (χ0) is 16.0. The van der Waals surface area contributed by atoms with Crippen LogP contribution in [-0.4, -0.2) is 24.1 Å². The van der Waals surface area contributed by atoms with E-state index < -0.39 is 0 Å². The molecule has 0 amide bonds. The van der Waals surface area contributed by atoms with Crippen molar-refractivity contribution in [2.75, 3.05) is 6.61 Å². The molecular weight excluding hydrogens is 288 g/mol. The molecule has 3 heteroatoms. The number of benzene rings is 1. The molecule has 1 N–H and O–H groups in total. The Hall–Kier alpha value is -1.35. The van der Waals surface area contributed by atoms with E-state index in [1.165, 1.54) is 30.4 Å². The van der Waals surface area contributed by atoms with Gasteiger partial charge in [-0.3, -0.25) is 4.79 Å². The summed E-state index contributed by atoms with van der Waals surface area (Å²) in [6.45, 7) is 2.45. The van der Waals surface area contributed by atoms with Gasteiger partial charge in [0.25, 0.3) is 0 Å². The highest BCUT2D eigenvalue weighted by Gasteiger charge is 2.54. The molecule has 1 aromatic carbocycles. The number of ether oxygens (including phenoxy) is 1. The summed E-state index contributed by atoms with van der Waals surface area (Å²) >= 11 is 0. The fraction of sp³-hybridized carbons (Fsp3) is 0.650. The van der Waals surface area contributed by atoms with Gasteiger partial charge in [0.2, 0.25) is 0 Å². The number of aliphatic hydroxyl groups is 1.